The van der Waals surface area contributed by atoms with Crippen molar-refractivity contribution in [3.63, 3.8) is 0 Å². The van der Waals surface area contributed by atoms with Crippen molar-refractivity contribution in [2.45, 2.75) is 66.3 Å². The Morgan fingerprint density at radius 2 is 1.77 bits per heavy atom. The van der Waals surface area contributed by atoms with Crippen LogP contribution in [0.1, 0.15) is 60.3 Å². The third kappa shape index (κ3) is 2.81. The number of imide groups is 1. The largest absolute Gasteiger partial charge is 0.511 e. The van der Waals surface area contributed by atoms with Gasteiger partial charge in [-0.15, -0.1) is 0 Å². The molecule has 22 heavy (non-hydrogen) atoms. The van der Waals surface area contributed by atoms with Gasteiger partial charge in [0.1, 0.15) is 17.4 Å². The van der Waals surface area contributed by atoms with Gasteiger partial charge in [-0.05, 0) is 24.7 Å². The van der Waals surface area contributed by atoms with E-state index in [1.807, 2.05) is 34.6 Å². The zero-order valence-corrected chi connectivity index (χ0v) is 14.0. The van der Waals surface area contributed by atoms with Crippen LogP contribution >= 0.6 is 0 Å². The Kier molecular flexibility index (Phi) is 3.96. The van der Waals surface area contributed by atoms with Crippen LogP contribution in [0.25, 0.3) is 0 Å². The maximum absolute atomic E-state index is 12.5. The highest BCUT2D eigenvalue weighted by molar-refractivity contribution is 6.30. The monoisotopic (exact) mass is 307 g/mol. The van der Waals surface area contributed by atoms with Crippen LogP contribution in [-0.4, -0.2) is 33.6 Å². The van der Waals surface area contributed by atoms with E-state index in [2.05, 4.69) is 0 Å². The van der Waals surface area contributed by atoms with Crippen molar-refractivity contribution in [2.75, 3.05) is 0 Å². The number of ketones is 1. The first kappa shape index (κ1) is 16.7. The van der Waals surface area contributed by atoms with Crippen molar-refractivity contribution in [3.05, 3.63) is 11.3 Å². The zero-order chi connectivity index (χ0) is 16.9. The Balaban J connectivity index is 2.44. The second kappa shape index (κ2) is 5.21. The molecular weight excluding hydrogens is 282 g/mol. The Morgan fingerprint density at radius 3 is 2.27 bits per heavy atom. The summed E-state index contributed by atoms with van der Waals surface area (Å²) in [4.78, 5) is 38.0. The first-order valence-electron chi connectivity index (χ1n) is 7.80. The predicted molar refractivity (Wildman–Crippen MR) is 82.0 cm³/mol. The van der Waals surface area contributed by atoms with Crippen molar-refractivity contribution in [3.8, 4) is 0 Å². The second-order valence-corrected chi connectivity index (χ2v) is 8.19. The molecule has 0 radical (unpaired) electrons. The Morgan fingerprint density at radius 1 is 1.18 bits per heavy atom. The number of carbonyl (C=O) groups excluding carboxylic acids is 3. The van der Waals surface area contributed by atoms with E-state index in [1.165, 1.54) is 0 Å². The van der Waals surface area contributed by atoms with Crippen molar-refractivity contribution >= 4 is 17.6 Å². The minimum absolute atomic E-state index is 0.0639. The number of amides is 2. The fourth-order valence-electron chi connectivity index (χ4n) is 3.73. The van der Waals surface area contributed by atoms with Crippen LogP contribution in [0.3, 0.4) is 0 Å². The highest BCUT2D eigenvalue weighted by Crippen LogP contribution is 2.41. The lowest BCUT2D eigenvalue weighted by atomic mass is 9.74. The van der Waals surface area contributed by atoms with E-state index in [1.54, 1.807) is 0 Å². The standard InChI is InChI=1S/C17H25NO4/c1-16(2,3)9-17(4,5)14(21)12-13(20)10-7-6-8-11(19)18(10)15(12)22/h10,21H,6-9H2,1-5H3/b14-12-. The molecule has 0 aromatic rings. The number of rotatable bonds is 2. The fraction of sp³-hybridized carbons (Fsp3) is 0.706. The van der Waals surface area contributed by atoms with Gasteiger partial charge in [-0.25, -0.2) is 0 Å². The Hall–Kier alpha value is -1.65. The number of fused-ring (bicyclic) bond motifs is 1. The molecule has 2 aliphatic rings. The average molecular weight is 307 g/mol. The van der Waals surface area contributed by atoms with Crippen molar-refractivity contribution in [1.82, 2.24) is 4.90 Å². The molecule has 1 N–H and O–H groups in total. The summed E-state index contributed by atoms with van der Waals surface area (Å²) in [6.45, 7) is 9.76. The van der Waals surface area contributed by atoms with E-state index in [0.717, 1.165) is 4.90 Å². The van der Waals surface area contributed by atoms with Gasteiger partial charge in [0.05, 0.1) is 0 Å². The molecule has 0 aliphatic carbocycles. The lowest BCUT2D eigenvalue weighted by Gasteiger charge is -2.32. The number of carbonyl (C=O) groups is 3. The number of aliphatic hydroxyl groups is 1. The summed E-state index contributed by atoms with van der Waals surface area (Å²) in [5.41, 5.74) is -0.947. The molecular formula is C17H25NO4. The van der Waals surface area contributed by atoms with Gasteiger partial charge in [0, 0.05) is 11.8 Å². The molecule has 2 amide bonds. The summed E-state index contributed by atoms with van der Waals surface area (Å²) in [5, 5.41) is 10.6. The molecule has 2 aliphatic heterocycles. The summed E-state index contributed by atoms with van der Waals surface area (Å²) < 4.78 is 0. The molecule has 2 saturated heterocycles. The maximum atomic E-state index is 12.5. The van der Waals surface area contributed by atoms with Gasteiger partial charge in [0.25, 0.3) is 5.91 Å². The molecule has 0 spiro atoms. The van der Waals surface area contributed by atoms with Crippen LogP contribution in [0.5, 0.6) is 0 Å². The molecule has 0 aromatic heterocycles. The number of Topliss-reactive ketones (excluding diaryl/α,β-unsaturated/α-hetero) is 1. The summed E-state index contributed by atoms with van der Waals surface area (Å²) in [5.74, 6) is -1.53. The average Bonchev–Trinajstić information content (AvgIpc) is 2.59. The molecule has 1 atom stereocenters. The smallest absolute Gasteiger partial charge is 0.268 e. The summed E-state index contributed by atoms with van der Waals surface area (Å²) in [6.07, 6.45) is 2.01. The number of nitrogens with zero attached hydrogens (tertiary/aromatic N) is 1. The van der Waals surface area contributed by atoms with Gasteiger partial charge in [-0.1, -0.05) is 34.6 Å². The number of piperidine rings is 1. The Bertz CT molecular complexity index is 566. The molecule has 2 fully saturated rings. The third-order valence-corrected chi connectivity index (χ3v) is 4.28. The third-order valence-electron chi connectivity index (χ3n) is 4.28. The highest BCUT2D eigenvalue weighted by atomic mass is 16.3. The quantitative estimate of drug-likeness (QED) is 0.368. The second-order valence-electron chi connectivity index (χ2n) is 8.19. The van der Waals surface area contributed by atoms with Gasteiger partial charge >= 0.3 is 0 Å². The minimum Gasteiger partial charge on any atom is -0.511 e. The molecule has 0 bridgehead atoms. The SMILES string of the molecule is CC(C)(C)CC(C)(C)/C(O)=C1\C(=O)C2CCCC(=O)N2C1=O. The van der Waals surface area contributed by atoms with Crippen molar-refractivity contribution in [1.29, 1.82) is 0 Å². The highest BCUT2D eigenvalue weighted by Gasteiger charge is 2.51. The first-order valence-corrected chi connectivity index (χ1v) is 7.80. The number of hydrogen-bond acceptors (Lipinski definition) is 4. The van der Waals surface area contributed by atoms with E-state index in [9.17, 15) is 19.5 Å². The lowest BCUT2D eigenvalue weighted by Crippen LogP contribution is -2.43. The van der Waals surface area contributed by atoms with Gasteiger partial charge in [-0.2, -0.15) is 0 Å². The lowest BCUT2D eigenvalue weighted by molar-refractivity contribution is -0.146. The van der Waals surface area contributed by atoms with Gasteiger partial charge in [-0.3, -0.25) is 19.3 Å². The van der Waals surface area contributed by atoms with Crippen LogP contribution in [0.2, 0.25) is 0 Å². The molecule has 2 heterocycles. The zero-order valence-electron chi connectivity index (χ0n) is 14.0. The van der Waals surface area contributed by atoms with Crippen LogP contribution in [0, 0.1) is 10.8 Å². The number of aliphatic hydroxyl groups excluding tert-OH is 1. The molecule has 0 aromatic carbocycles. The van der Waals surface area contributed by atoms with E-state index in [4.69, 9.17) is 0 Å². The van der Waals surface area contributed by atoms with Gasteiger partial charge in [0.15, 0.2) is 5.78 Å². The van der Waals surface area contributed by atoms with Crippen molar-refractivity contribution < 1.29 is 19.5 Å². The molecule has 0 saturated carbocycles. The molecule has 1 unspecified atom stereocenters. The molecule has 5 heteroatoms. The van der Waals surface area contributed by atoms with Gasteiger partial charge < -0.3 is 5.11 Å². The van der Waals surface area contributed by atoms with Crippen LogP contribution in [-0.2, 0) is 14.4 Å². The van der Waals surface area contributed by atoms with Gasteiger partial charge in [0.2, 0.25) is 5.91 Å². The van der Waals surface area contributed by atoms with E-state index in [0.29, 0.717) is 19.3 Å². The number of allylic oxidation sites excluding steroid dienone is 1. The van der Waals surface area contributed by atoms with Crippen LogP contribution in [0.4, 0.5) is 0 Å². The van der Waals surface area contributed by atoms with Crippen LogP contribution in [0.15, 0.2) is 11.3 Å². The van der Waals surface area contributed by atoms with Crippen molar-refractivity contribution in [2.24, 2.45) is 10.8 Å². The summed E-state index contributed by atoms with van der Waals surface area (Å²) in [7, 11) is 0. The summed E-state index contributed by atoms with van der Waals surface area (Å²) >= 11 is 0. The minimum atomic E-state index is -0.712. The van der Waals surface area contributed by atoms with E-state index < -0.39 is 23.1 Å². The molecule has 5 nitrogen and oxygen atoms in total. The summed E-state index contributed by atoms with van der Waals surface area (Å²) in [6, 6.07) is -0.712. The van der Waals surface area contributed by atoms with E-state index >= 15 is 0 Å². The van der Waals surface area contributed by atoms with E-state index in [-0.39, 0.29) is 29.1 Å². The topological polar surface area (TPSA) is 74.7 Å². The van der Waals surface area contributed by atoms with Crippen LogP contribution < -0.4 is 0 Å². The molecule has 2 rings (SSSR count). The number of hydrogen-bond donors (Lipinski definition) is 1. The Labute approximate surface area is 131 Å². The molecule has 122 valence electrons. The normalized spacial score (nSPS) is 25.6. The fourth-order valence-corrected chi connectivity index (χ4v) is 3.73. The maximum Gasteiger partial charge on any atom is 0.268 e. The first-order chi connectivity index (χ1) is 9.96. The predicted octanol–water partition coefficient (Wildman–Crippen LogP) is 2.75.